The number of carboxylic acid groups (broad SMARTS) is 1. The van der Waals surface area contributed by atoms with Crippen LogP contribution in [0.1, 0.15) is 31.7 Å². The quantitative estimate of drug-likeness (QED) is 0.779. The van der Waals surface area contributed by atoms with Crippen molar-refractivity contribution in [3.63, 3.8) is 0 Å². The molecular weight excluding hydrogens is 363 g/mol. The fraction of sp³-hybridized carbons (Fsp3) is 0.500. The molecule has 1 fully saturated rings. The van der Waals surface area contributed by atoms with Crippen LogP contribution in [-0.2, 0) is 15.0 Å². The number of rotatable bonds is 7. The van der Waals surface area contributed by atoms with E-state index in [2.05, 4.69) is 0 Å². The average Bonchev–Trinajstić information content (AvgIpc) is 3.31. The molecule has 132 valence electrons. The number of alkyl halides is 2. The van der Waals surface area contributed by atoms with Crippen molar-refractivity contribution >= 4 is 35.1 Å². The average molecular weight is 380 g/mol. The molecule has 2 rings (SSSR count). The van der Waals surface area contributed by atoms with E-state index in [1.54, 1.807) is 0 Å². The Hall–Kier alpha value is -1.40. The summed E-state index contributed by atoms with van der Waals surface area (Å²) in [6.45, 7) is 0.695. The monoisotopic (exact) mass is 379 g/mol. The standard InChI is InChI=1S/C16H17Cl2F2NO3/c1-16(15(23)24,9-2-5-11(17)12(18)6-9)7-14(22)21(8-13(19)20)10-3-4-10/h2,5-6,10,13H,3-4,7-8H2,1H3,(H,23,24). The topological polar surface area (TPSA) is 57.6 Å². The zero-order valence-corrected chi connectivity index (χ0v) is 14.4. The minimum atomic E-state index is -2.66. The lowest BCUT2D eigenvalue weighted by atomic mass is 9.79. The van der Waals surface area contributed by atoms with Crippen molar-refractivity contribution in [3.8, 4) is 0 Å². The van der Waals surface area contributed by atoms with E-state index in [4.69, 9.17) is 23.2 Å². The van der Waals surface area contributed by atoms with Gasteiger partial charge >= 0.3 is 5.97 Å². The van der Waals surface area contributed by atoms with Gasteiger partial charge in [-0.2, -0.15) is 0 Å². The number of carbonyl (C=O) groups is 2. The maximum atomic E-state index is 12.7. The number of hydrogen-bond acceptors (Lipinski definition) is 2. The van der Waals surface area contributed by atoms with E-state index < -0.39 is 36.7 Å². The van der Waals surface area contributed by atoms with Gasteiger partial charge in [-0.05, 0) is 37.5 Å². The smallest absolute Gasteiger partial charge is 0.314 e. The van der Waals surface area contributed by atoms with Gasteiger partial charge in [0.15, 0.2) is 0 Å². The number of nitrogens with zero attached hydrogens (tertiary/aromatic N) is 1. The number of hydrogen-bond donors (Lipinski definition) is 1. The third-order valence-corrected chi connectivity index (χ3v) is 4.92. The predicted molar refractivity (Wildman–Crippen MR) is 86.8 cm³/mol. The Kier molecular flexibility index (Phi) is 5.71. The predicted octanol–water partition coefficient (Wildman–Crippen LogP) is 3.98. The number of carboxylic acids is 1. The van der Waals surface area contributed by atoms with Gasteiger partial charge in [0.05, 0.1) is 22.0 Å². The minimum absolute atomic E-state index is 0.167. The van der Waals surface area contributed by atoms with Crippen LogP contribution in [0.3, 0.4) is 0 Å². The summed E-state index contributed by atoms with van der Waals surface area (Å²) in [6, 6.07) is 4.09. The summed E-state index contributed by atoms with van der Waals surface area (Å²) in [5, 5.41) is 10.0. The molecule has 1 atom stereocenters. The molecule has 0 spiro atoms. The summed E-state index contributed by atoms with van der Waals surface area (Å²) >= 11 is 11.8. The van der Waals surface area contributed by atoms with E-state index in [1.807, 2.05) is 0 Å². The Morgan fingerprint density at radius 3 is 2.42 bits per heavy atom. The third kappa shape index (κ3) is 4.16. The van der Waals surface area contributed by atoms with Crippen LogP contribution in [0.15, 0.2) is 18.2 Å². The molecule has 1 unspecified atom stereocenters. The van der Waals surface area contributed by atoms with Crippen LogP contribution in [0.25, 0.3) is 0 Å². The first-order chi connectivity index (χ1) is 11.1. The number of halogens is 4. The van der Waals surface area contributed by atoms with Crippen molar-refractivity contribution in [3.05, 3.63) is 33.8 Å². The van der Waals surface area contributed by atoms with Gasteiger partial charge in [-0.1, -0.05) is 29.3 Å². The van der Waals surface area contributed by atoms with Gasteiger partial charge in [-0.3, -0.25) is 9.59 Å². The largest absolute Gasteiger partial charge is 0.481 e. The molecular formula is C16H17Cl2F2NO3. The van der Waals surface area contributed by atoms with Crippen molar-refractivity contribution < 1.29 is 23.5 Å². The molecule has 0 aliphatic heterocycles. The molecule has 1 aliphatic rings. The third-order valence-electron chi connectivity index (χ3n) is 4.18. The number of amides is 1. The van der Waals surface area contributed by atoms with Crippen LogP contribution >= 0.6 is 23.2 Å². The van der Waals surface area contributed by atoms with Gasteiger partial charge in [0.2, 0.25) is 5.91 Å². The van der Waals surface area contributed by atoms with Crippen LogP contribution in [0.4, 0.5) is 8.78 Å². The molecule has 24 heavy (non-hydrogen) atoms. The maximum Gasteiger partial charge on any atom is 0.314 e. The Labute approximate surface area is 148 Å². The van der Waals surface area contributed by atoms with Crippen molar-refractivity contribution in [2.45, 2.75) is 44.1 Å². The van der Waals surface area contributed by atoms with Crippen LogP contribution < -0.4 is 0 Å². The van der Waals surface area contributed by atoms with Crippen molar-refractivity contribution in [1.29, 1.82) is 0 Å². The van der Waals surface area contributed by atoms with E-state index in [9.17, 15) is 23.5 Å². The first-order valence-corrected chi connectivity index (χ1v) is 8.17. The van der Waals surface area contributed by atoms with Crippen LogP contribution in [-0.4, -0.2) is 40.9 Å². The summed E-state index contributed by atoms with van der Waals surface area (Å²) in [6.07, 6.45) is -1.76. The zero-order chi connectivity index (χ0) is 18.1. The first-order valence-electron chi connectivity index (χ1n) is 7.41. The van der Waals surface area contributed by atoms with E-state index >= 15 is 0 Å². The lowest BCUT2D eigenvalue weighted by molar-refractivity contribution is -0.148. The van der Waals surface area contributed by atoms with E-state index in [-0.39, 0.29) is 16.1 Å². The normalized spacial score (nSPS) is 16.8. The van der Waals surface area contributed by atoms with E-state index in [1.165, 1.54) is 25.1 Å². The number of carbonyl (C=O) groups excluding carboxylic acids is 1. The van der Waals surface area contributed by atoms with E-state index in [0.29, 0.717) is 18.4 Å². The highest BCUT2D eigenvalue weighted by atomic mass is 35.5. The van der Waals surface area contributed by atoms with Gasteiger partial charge < -0.3 is 10.0 Å². The Bertz CT molecular complexity index is 652. The van der Waals surface area contributed by atoms with Crippen molar-refractivity contribution in [2.24, 2.45) is 0 Å². The molecule has 8 heteroatoms. The second-order valence-corrected chi connectivity index (χ2v) is 6.93. The lowest BCUT2D eigenvalue weighted by Crippen LogP contribution is -2.43. The summed E-state index contributed by atoms with van der Waals surface area (Å²) in [5.74, 6) is -1.84. The number of aliphatic carboxylic acids is 1. The van der Waals surface area contributed by atoms with Crippen LogP contribution in [0.5, 0.6) is 0 Å². The Morgan fingerprint density at radius 1 is 1.33 bits per heavy atom. The van der Waals surface area contributed by atoms with Crippen molar-refractivity contribution in [2.75, 3.05) is 6.54 Å². The number of benzene rings is 1. The van der Waals surface area contributed by atoms with Gasteiger partial charge in [0, 0.05) is 12.5 Å². The summed E-state index contributed by atoms with van der Waals surface area (Å²) in [4.78, 5) is 25.4. The molecule has 1 aromatic carbocycles. The lowest BCUT2D eigenvalue weighted by Gasteiger charge is -2.29. The molecule has 1 N–H and O–H groups in total. The summed E-state index contributed by atoms with van der Waals surface area (Å²) in [7, 11) is 0. The molecule has 1 amide bonds. The maximum absolute atomic E-state index is 12.7. The zero-order valence-electron chi connectivity index (χ0n) is 12.9. The molecule has 1 saturated carbocycles. The minimum Gasteiger partial charge on any atom is -0.481 e. The summed E-state index contributed by atoms with van der Waals surface area (Å²) in [5.41, 5.74) is -1.29. The Morgan fingerprint density at radius 2 is 1.96 bits per heavy atom. The van der Waals surface area contributed by atoms with Gasteiger partial charge in [0.1, 0.15) is 0 Å². The molecule has 4 nitrogen and oxygen atoms in total. The molecule has 0 bridgehead atoms. The van der Waals surface area contributed by atoms with Gasteiger partial charge in [0.25, 0.3) is 6.43 Å². The highest BCUT2D eigenvalue weighted by Crippen LogP contribution is 2.35. The molecule has 0 heterocycles. The van der Waals surface area contributed by atoms with E-state index in [0.717, 1.165) is 4.90 Å². The first kappa shape index (κ1) is 18.9. The molecule has 0 radical (unpaired) electrons. The highest BCUT2D eigenvalue weighted by Gasteiger charge is 2.42. The van der Waals surface area contributed by atoms with Crippen LogP contribution in [0, 0.1) is 0 Å². The summed E-state index contributed by atoms with van der Waals surface area (Å²) < 4.78 is 25.4. The van der Waals surface area contributed by atoms with Gasteiger partial charge in [-0.15, -0.1) is 0 Å². The molecule has 0 aromatic heterocycles. The highest BCUT2D eigenvalue weighted by molar-refractivity contribution is 6.42. The molecule has 0 saturated heterocycles. The SMILES string of the molecule is CC(CC(=O)N(CC(F)F)C1CC1)(C(=O)O)c1ccc(Cl)c(Cl)c1. The second-order valence-electron chi connectivity index (χ2n) is 6.11. The molecule has 1 aliphatic carbocycles. The fourth-order valence-electron chi connectivity index (χ4n) is 2.53. The Balaban J connectivity index is 2.27. The molecule has 1 aromatic rings. The van der Waals surface area contributed by atoms with Gasteiger partial charge in [-0.25, -0.2) is 8.78 Å². The van der Waals surface area contributed by atoms with Crippen LogP contribution in [0.2, 0.25) is 10.0 Å². The van der Waals surface area contributed by atoms with Crippen molar-refractivity contribution in [1.82, 2.24) is 4.90 Å². The fourth-order valence-corrected chi connectivity index (χ4v) is 2.83. The second kappa shape index (κ2) is 7.23.